The molecule has 2 aromatic carbocycles. The summed E-state index contributed by atoms with van der Waals surface area (Å²) in [6, 6.07) is 9.79. The second-order valence-corrected chi connectivity index (χ2v) is 7.47. The summed E-state index contributed by atoms with van der Waals surface area (Å²) in [4.78, 5) is -0.00652. The largest absolute Gasteiger partial charge is 0.416 e. The molecule has 0 bridgehead atoms. The quantitative estimate of drug-likeness (QED) is 0.906. The number of hydrogen-bond donors (Lipinski definition) is 1. The highest BCUT2D eigenvalue weighted by atomic mass is 35.5. The minimum atomic E-state index is -4.54. The maximum absolute atomic E-state index is 12.8. The Kier molecular flexibility index (Phi) is 5.03. The first-order chi connectivity index (χ1) is 10.7. The number of rotatable bonds is 4. The van der Waals surface area contributed by atoms with Crippen LogP contribution in [0.4, 0.5) is 13.2 Å². The zero-order valence-electron chi connectivity index (χ0n) is 11.8. The summed E-state index contributed by atoms with van der Waals surface area (Å²) in [5.74, 6) is 0. The van der Waals surface area contributed by atoms with Gasteiger partial charge in [0.2, 0.25) is 0 Å². The Morgan fingerprint density at radius 2 is 1.70 bits per heavy atom. The van der Waals surface area contributed by atoms with Gasteiger partial charge in [-0.15, -0.1) is 0 Å². The normalized spacial score (nSPS) is 13.8. The smallest absolute Gasteiger partial charge is 0.356 e. The van der Waals surface area contributed by atoms with Crippen molar-refractivity contribution in [1.29, 1.82) is 0 Å². The maximum Gasteiger partial charge on any atom is 0.416 e. The highest BCUT2D eigenvalue weighted by molar-refractivity contribution is 7.91. The molecule has 0 saturated carbocycles. The van der Waals surface area contributed by atoms with Crippen LogP contribution in [0.15, 0.2) is 53.4 Å². The van der Waals surface area contributed by atoms with E-state index in [1.807, 2.05) is 0 Å². The third kappa shape index (κ3) is 3.85. The number of benzene rings is 2. The molecule has 0 spiro atoms. The van der Waals surface area contributed by atoms with Gasteiger partial charge >= 0.3 is 6.18 Å². The van der Waals surface area contributed by atoms with Gasteiger partial charge in [0, 0.05) is 5.02 Å². The molecule has 8 heteroatoms. The molecule has 0 aliphatic carbocycles. The van der Waals surface area contributed by atoms with Crippen LogP contribution in [0.3, 0.4) is 0 Å². The lowest BCUT2D eigenvalue weighted by atomic mass is 10.1. The molecule has 0 aromatic heterocycles. The zero-order valence-corrected chi connectivity index (χ0v) is 13.4. The number of sulfone groups is 1. The Hall–Kier alpha value is -1.57. The Balaban J connectivity index is 2.49. The second kappa shape index (κ2) is 6.51. The molecule has 0 saturated heterocycles. The van der Waals surface area contributed by atoms with Crippen LogP contribution < -0.4 is 5.73 Å². The van der Waals surface area contributed by atoms with Crippen LogP contribution in [-0.4, -0.2) is 15.0 Å². The first kappa shape index (κ1) is 17.8. The summed E-state index contributed by atoms with van der Waals surface area (Å²) in [6.07, 6.45) is -4.54. The predicted molar refractivity (Wildman–Crippen MR) is 80.6 cm³/mol. The Labute approximate surface area is 136 Å². The monoisotopic (exact) mass is 364 g/mol. The van der Waals surface area contributed by atoms with Crippen molar-refractivity contribution in [2.75, 3.05) is 6.54 Å². The van der Waals surface area contributed by atoms with Gasteiger partial charge in [0.05, 0.1) is 17.0 Å². The van der Waals surface area contributed by atoms with Crippen molar-refractivity contribution in [3.63, 3.8) is 0 Å². The molecule has 2 aromatic rings. The molecule has 23 heavy (non-hydrogen) atoms. The molecule has 0 fully saturated rings. The molecule has 3 N–H and O–H groups in total. The SMILES string of the molecule is [NH3+]C[C@H](c1cccc(C(F)(F)F)c1)S(=O)(=O)c1ccc(Cl)cc1. The Morgan fingerprint density at radius 1 is 1.09 bits per heavy atom. The van der Waals surface area contributed by atoms with Crippen molar-refractivity contribution >= 4 is 21.4 Å². The fraction of sp³-hybridized carbons (Fsp3) is 0.200. The maximum atomic E-state index is 12.8. The van der Waals surface area contributed by atoms with E-state index in [1.54, 1.807) is 0 Å². The van der Waals surface area contributed by atoms with E-state index in [0.29, 0.717) is 5.02 Å². The van der Waals surface area contributed by atoms with Crippen molar-refractivity contribution < 1.29 is 27.3 Å². The van der Waals surface area contributed by atoms with E-state index in [1.165, 1.54) is 36.4 Å². The first-order valence-electron chi connectivity index (χ1n) is 6.62. The molecule has 2 rings (SSSR count). The molecule has 0 amide bonds. The second-order valence-electron chi connectivity index (χ2n) is 4.90. The molecule has 1 atom stereocenters. The number of hydrogen-bond acceptors (Lipinski definition) is 2. The van der Waals surface area contributed by atoms with Crippen LogP contribution in [0.25, 0.3) is 0 Å². The Bertz CT molecular complexity index is 789. The summed E-state index contributed by atoms with van der Waals surface area (Å²) < 4.78 is 63.8. The third-order valence-corrected chi connectivity index (χ3v) is 5.80. The predicted octanol–water partition coefficient (Wildman–Crippen LogP) is 3.12. The molecular formula is C15H14ClF3NO2S+. The van der Waals surface area contributed by atoms with Gasteiger partial charge in [-0.1, -0.05) is 29.8 Å². The topological polar surface area (TPSA) is 61.8 Å². The van der Waals surface area contributed by atoms with Crippen LogP contribution in [-0.2, 0) is 16.0 Å². The van der Waals surface area contributed by atoms with Crippen LogP contribution in [0.1, 0.15) is 16.4 Å². The van der Waals surface area contributed by atoms with Crippen LogP contribution >= 0.6 is 11.6 Å². The molecule has 0 unspecified atom stereocenters. The Morgan fingerprint density at radius 3 is 2.22 bits per heavy atom. The average Bonchev–Trinajstić information content (AvgIpc) is 2.47. The van der Waals surface area contributed by atoms with Crippen molar-refractivity contribution in [3.8, 4) is 0 Å². The van der Waals surface area contributed by atoms with Gasteiger partial charge in [-0.05, 0) is 35.9 Å². The summed E-state index contributed by atoms with van der Waals surface area (Å²) in [5.41, 5.74) is 2.75. The lowest BCUT2D eigenvalue weighted by Gasteiger charge is -2.16. The molecule has 0 heterocycles. The van der Waals surface area contributed by atoms with Crippen LogP contribution in [0, 0.1) is 0 Å². The van der Waals surface area contributed by atoms with Crippen molar-refractivity contribution in [1.82, 2.24) is 0 Å². The fourth-order valence-corrected chi connectivity index (χ4v) is 3.99. The van der Waals surface area contributed by atoms with Crippen LogP contribution in [0.2, 0.25) is 5.02 Å². The number of alkyl halides is 3. The van der Waals surface area contributed by atoms with Gasteiger partial charge in [-0.25, -0.2) is 8.42 Å². The van der Waals surface area contributed by atoms with E-state index in [2.05, 4.69) is 5.73 Å². The van der Waals surface area contributed by atoms with E-state index >= 15 is 0 Å². The molecular weight excluding hydrogens is 351 g/mol. The van der Waals surface area contributed by atoms with Gasteiger partial charge in [0.25, 0.3) is 0 Å². The molecule has 0 radical (unpaired) electrons. The summed E-state index contributed by atoms with van der Waals surface area (Å²) in [6.45, 7) is -0.0910. The van der Waals surface area contributed by atoms with E-state index in [-0.39, 0.29) is 17.0 Å². The fourth-order valence-electron chi connectivity index (χ4n) is 2.20. The molecule has 0 aliphatic heterocycles. The van der Waals surface area contributed by atoms with Crippen molar-refractivity contribution in [2.45, 2.75) is 16.3 Å². The third-order valence-electron chi connectivity index (χ3n) is 3.36. The van der Waals surface area contributed by atoms with Gasteiger partial charge in [-0.3, -0.25) is 0 Å². The zero-order chi connectivity index (χ0) is 17.3. The first-order valence-corrected chi connectivity index (χ1v) is 8.54. The van der Waals surface area contributed by atoms with Crippen molar-refractivity contribution in [2.24, 2.45) is 0 Å². The summed E-state index contributed by atoms with van der Waals surface area (Å²) in [7, 11) is -3.87. The lowest BCUT2D eigenvalue weighted by Crippen LogP contribution is -2.54. The van der Waals surface area contributed by atoms with Crippen LogP contribution in [0.5, 0.6) is 0 Å². The van der Waals surface area contributed by atoms with E-state index in [4.69, 9.17) is 11.6 Å². The van der Waals surface area contributed by atoms with Gasteiger partial charge in [0.1, 0.15) is 5.25 Å². The van der Waals surface area contributed by atoms with E-state index in [0.717, 1.165) is 12.1 Å². The standard InChI is InChI=1S/C15H13ClF3NO2S/c16-12-4-6-13(7-5-12)23(21,22)14(9-20)10-2-1-3-11(8-10)15(17,18)19/h1-8,14H,9,20H2/p+1/t14-/m1/s1. The summed E-state index contributed by atoms with van der Waals surface area (Å²) in [5, 5.41) is -0.792. The minimum absolute atomic E-state index is 0.00652. The van der Waals surface area contributed by atoms with Gasteiger partial charge < -0.3 is 5.73 Å². The van der Waals surface area contributed by atoms with E-state index < -0.39 is 26.8 Å². The highest BCUT2D eigenvalue weighted by Crippen LogP contribution is 2.34. The van der Waals surface area contributed by atoms with Gasteiger partial charge in [0.15, 0.2) is 9.84 Å². The molecule has 3 nitrogen and oxygen atoms in total. The molecule has 0 aliphatic rings. The van der Waals surface area contributed by atoms with E-state index in [9.17, 15) is 21.6 Å². The van der Waals surface area contributed by atoms with Crippen molar-refractivity contribution in [3.05, 3.63) is 64.7 Å². The number of halogens is 4. The molecule has 124 valence electrons. The average molecular weight is 365 g/mol. The summed E-state index contributed by atoms with van der Waals surface area (Å²) >= 11 is 5.73. The highest BCUT2D eigenvalue weighted by Gasteiger charge is 2.34. The number of quaternary nitrogens is 1. The lowest BCUT2D eigenvalue weighted by molar-refractivity contribution is -0.367. The minimum Gasteiger partial charge on any atom is -0.356 e. The van der Waals surface area contributed by atoms with Gasteiger partial charge in [-0.2, -0.15) is 13.2 Å².